The first-order valence-corrected chi connectivity index (χ1v) is 4.26. The Kier molecular flexibility index (Phi) is 3.46. The van der Waals surface area contributed by atoms with Gasteiger partial charge in [0, 0.05) is 5.56 Å². The van der Waals surface area contributed by atoms with Crippen molar-refractivity contribution < 1.29 is 4.74 Å². The van der Waals surface area contributed by atoms with Gasteiger partial charge in [0.05, 0.1) is 0 Å². The van der Waals surface area contributed by atoms with E-state index in [2.05, 4.69) is 18.8 Å². The molecule has 2 nitrogen and oxygen atoms in total. The Balaban J connectivity index is 2.54. The molecule has 0 atom stereocenters. The van der Waals surface area contributed by atoms with Crippen molar-refractivity contribution in [3.8, 4) is 0 Å². The van der Waals surface area contributed by atoms with Crippen LogP contribution in [0, 0.1) is 0 Å². The lowest BCUT2D eigenvalue weighted by atomic mass is 10.2. The first-order valence-electron chi connectivity index (χ1n) is 3.85. The summed E-state index contributed by atoms with van der Waals surface area (Å²) in [5.74, 6) is 0.591. The van der Waals surface area contributed by atoms with Gasteiger partial charge in [-0.25, -0.2) is 0 Å². The van der Waals surface area contributed by atoms with E-state index in [-0.39, 0.29) is 6.61 Å². The Morgan fingerprint density at radius 2 is 2.00 bits per heavy atom. The molecule has 0 aliphatic rings. The maximum atomic E-state index is 5.28. The highest BCUT2D eigenvalue weighted by atomic mass is 32.1. The first kappa shape index (κ1) is 9.74. The predicted molar refractivity (Wildman–Crippen MR) is 58.2 cm³/mol. The SMILES string of the molecule is C=C(OCC(N)=S)c1ccccc1. The van der Waals surface area contributed by atoms with Crippen molar-refractivity contribution in [2.45, 2.75) is 0 Å². The largest absolute Gasteiger partial charge is 0.487 e. The van der Waals surface area contributed by atoms with E-state index >= 15 is 0 Å². The molecule has 0 spiro atoms. The standard InChI is InChI=1S/C10H11NOS/c1-8(12-7-10(11)13)9-5-3-2-4-6-9/h2-6H,1,7H2,(H2,11,13). The highest BCUT2D eigenvalue weighted by Gasteiger charge is 1.98. The molecular formula is C10H11NOS. The molecule has 1 aromatic rings. The van der Waals surface area contributed by atoms with E-state index in [4.69, 9.17) is 10.5 Å². The van der Waals surface area contributed by atoms with Gasteiger partial charge >= 0.3 is 0 Å². The second-order valence-electron chi connectivity index (χ2n) is 2.54. The first-order chi connectivity index (χ1) is 6.20. The summed E-state index contributed by atoms with van der Waals surface area (Å²) < 4.78 is 5.23. The number of hydrogen-bond donors (Lipinski definition) is 1. The quantitative estimate of drug-likeness (QED) is 0.586. The highest BCUT2D eigenvalue weighted by Crippen LogP contribution is 2.12. The molecule has 0 bridgehead atoms. The van der Waals surface area contributed by atoms with Crippen LogP contribution in [-0.4, -0.2) is 11.6 Å². The lowest BCUT2D eigenvalue weighted by Crippen LogP contribution is -2.15. The third kappa shape index (κ3) is 3.25. The van der Waals surface area contributed by atoms with Crippen molar-refractivity contribution in [2.24, 2.45) is 5.73 Å². The molecule has 2 N–H and O–H groups in total. The summed E-state index contributed by atoms with van der Waals surface area (Å²) in [6.45, 7) is 4.00. The highest BCUT2D eigenvalue weighted by molar-refractivity contribution is 7.80. The van der Waals surface area contributed by atoms with Gasteiger partial charge in [0.2, 0.25) is 0 Å². The van der Waals surface area contributed by atoms with E-state index in [9.17, 15) is 0 Å². The van der Waals surface area contributed by atoms with Gasteiger partial charge in [-0.2, -0.15) is 0 Å². The van der Waals surface area contributed by atoms with E-state index in [1.165, 1.54) is 0 Å². The van der Waals surface area contributed by atoms with Crippen molar-refractivity contribution in [2.75, 3.05) is 6.61 Å². The van der Waals surface area contributed by atoms with Crippen molar-refractivity contribution in [3.63, 3.8) is 0 Å². The lowest BCUT2D eigenvalue weighted by molar-refractivity contribution is 0.335. The molecule has 0 radical (unpaired) electrons. The molecule has 13 heavy (non-hydrogen) atoms. The number of nitrogens with two attached hydrogens (primary N) is 1. The fourth-order valence-electron chi connectivity index (χ4n) is 0.866. The van der Waals surface area contributed by atoms with Crippen molar-refractivity contribution in [3.05, 3.63) is 42.5 Å². The summed E-state index contributed by atoms with van der Waals surface area (Å²) in [6.07, 6.45) is 0. The zero-order chi connectivity index (χ0) is 9.68. The Labute approximate surface area is 83.0 Å². The normalized spacial score (nSPS) is 9.23. The molecule has 0 saturated heterocycles. The van der Waals surface area contributed by atoms with Crippen LogP contribution in [0.25, 0.3) is 5.76 Å². The van der Waals surface area contributed by atoms with Crippen LogP contribution in [0.3, 0.4) is 0 Å². The Morgan fingerprint density at radius 1 is 1.38 bits per heavy atom. The van der Waals surface area contributed by atoms with E-state index in [0.717, 1.165) is 5.56 Å². The summed E-state index contributed by atoms with van der Waals surface area (Å²) in [5.41, 5.74) is 6.23. The molecule has 68 valence electrons. The van der Waals surface area contributed by atoms with Gasteiger partial charge in [-0.05, 0) is 0 Å². The fourth-order valence-corrected chi connectivity index (χ4v) is 0.925. The number of rotatable bonds is 4. The summed E-state index contributed by atoms with van der Waals surface area (Å²) in [4.78, 5) is 0.331. The average Bonchev–Trinajstić information content (AvgIpc) is 2.15. The number of ether oxygens (including phenoxy) is 1. The monoisotopic (exact) mass is 193 g/mol. The fraction of sp³-hybridized carbons (Fsp3) is 0.100. The molecule has 0 amide bonds. The van der Waals surface area contributed by atoms with E-state index in [0.29, 0.717) is 10.7 Å². The second kappa shape index (κ2) is 4.62. The molecule has 3 heteroatoms. The minimum absolute atomic E-state index is 0.239. The molecule has 1 rings (SSSR count). The van der Waals surface area contributed by atoms with Crippen LogP contribution in [0.2, 0.25) is 0 Å². The summed E-state index contributed by atoms with van der Waals surface area (Å²) in [5, 5.41) is 0. The summed E-state index contributed by atoms with van der Waals surface area (Å²) in [6, 6.07) is 9.61. The number of thiocarbonyl (C=S) groups is 1. The van der Waals surface area contributed by atoms with Crippen LogP contribution in [0.5, 0.6) is 0 Å². The van der Waals surface area contributed by atoms with Crippen LogP contribution < -0.4 is 5.73 Å². The molecule has 0 aliphatic carbocycles. The molecule has 0 aliphatic heterocycles. The van der Waals surface area contributed by atoms with Crippen molar-refractivity contribution in [1.29, 1.82) is 0 Å². The molecular weight excluding hydrogens is 182 g/mol. The molecule has 0 heterocycles. The van der Waals surface area contributed by atoms with E-state index in [1.807, 2.05) is 30.3 Å². The van der Waals surface area contributed by atoms with Crippen molar-refractivity contribution >= 4 is 23.0 Å². The van der Waals surface area contributed by atoms with Crippen LogP contribution >= 0.6 is 12.2 Å². The Bertz CT molecular complexity index is 308. The molecule has 0 unspecified atom stereocenters. The van der Waals surface area contributed by atoms with Gasteiger partial charge in [0.1, 0.15) is 17.4 Å². The Hall–Kier alpha value is -1.35. The maximum absolute atomic E-state index is 5.28. The van der Waals surface area contributed by atoms with Gasteiger partial charge in [0.25, 0.3) is 0 Å². The molecule has 0 saturated carbocycles. The number of hydrogen-bond acceptors (Lipinski definition) is 2. The smallest absolute Gasteiger partial charge is 0.138 e. The van der Waals surface area contributed by atoms with Crippen LogP contribution in [0.15, 0.2) is 36.9 Å². The molecule has 0 fully saturated rings. The maximum Gasteiger partial charge on any atom is 0.138 e. The van der Waals surface area contributed by atoms with Crippen LogP contribution in [-0.2, 0) is 4.74 Å². The van der Waals surface area contributed by atoms with E-state index < -0.39 is 0 Å². The summed E-state index contributed by atoms with van der Waals surface area (Å²) in [7, 11) is 0. The van der Waals surface area contributed by atoms with Gasteiger partial charge in [-0.15, -0.1) is 0 Å². The third-order valence-electron chi connectivity index (χ3n) is 1.48. The van der Waals surface area contributed by atoms with Crippen LogP contribution in [0.4, 0.5) is 0 Å². The minimum Gasteiger partial charge on any atom is -0.487 e. The molecule has 1 aromatic carbocycles. The number of benzene rings is 1. The van der Waals surface area contributed by atoms with Crippen LogP contribution in [0.1, 0.15) is 5.56 Å². The third-order valence-corrected chi connectivity index (χ3v) is 1.60. The Morgan fingerprint density at radius 3 is 2.54 bits per heavy atom. The van der Waals surface area contributed by atoms with Gasteiger partial charge in [0.15, 0.2) is 0 Å². The zero-order valence-corrected chi connectivity index (χ0v) is 8.01. The average molecular weight is 193 g/mol. The predicted octanol–water partition coefficient (Wildman–Crippen LogP) is 1.96. The summed E-state index contributed by atoms with van der Waals surface area (Å²) >= 11 is 4.68. The van der Waals surface area contributed by atoms with Gasteiger partial charge in [-0.1, -0.05) is 49.1 Å². The zero-order valence-electron chi connectivity index (χ0n) is 7.19. The molecule has 0 aromatic heterocycles. The lowest BCUT2D eigenvalue weighted by Gasteiger charge is -2.07. The minimum atomic E-state index is 0.239. The van der Waals surface area contributed by atoms with Crippen molar-refractivity contribution in [1.82, 2.24) is 0 Å². The van der Waals surface area contributed by atoms with E-state index in [1.54, 1.807) is 0 Å². The second-order valence-corrected chi connectivity index (χ2v) is 3.07. The van der Waals surface area contributed by atoms with Gasteiger partial charge < -0.3 is 10.5 Å². The topological polar surface area (TPSA) is 35.2 Å². The van der Waals surface area contributed by atoms with Gasteiger partial charge in [-0.3, -0.25) is 0 Å².